The fourth-order valence-electron chi connectivity index (χ4n) is 2.46. The Bertz CT molecular complexity index is 439. The van der Waals surface area contributed by atoms with Gasteiger partial charge in [0, 0.05) is 18.0 Å². The molecule has 2 N–H and O–H groups in total. The number of aliphatic hydroxyl groups is 1. The molecule has 5 heteroatoms. The normalized spacial score (nSPS) is 18.9. The lowest BCUT2D eigenvalue weighted by atomic mass is 9.99. The van der Waals surface area contributed by atoms with Crippen molar-refractivity contribution in [2.45, 2.75) is 32.8 Å². The molecule has 1 amide bonds. The van der Waals surface area contributed by atoms with Gasteiger partial charge in [0.05, 0.1) is 11.0 Å². The third kappa shape index (κ3) is 4.58. The lowest BCUT2D eigenvalue weighted by molar-refractivity contribution is 0.0798. The van der Waals surface area contributed by atoms with Crippen molar-refractivity contribution in [1.29, 1.82) is 0 Å². The van der Waals surface area contributed by atoms with Gasteiger partial charge in [0.25, 0.3) is 5.91 Å². The number of hydrogen-bond donors (Lipinski definition) is 2. The second kappa shape index (κ2) is 7.20. The van der Waals surface area contributed by atoms with Crippen LogP contribution in [-0.4, -0.2) is 48.2 Å². The van der Waals surface area contributed by atoms with E-state index in [-0.39, 0.29) is 5.91 Å². The summed E-state index contributed by atoms with van der Waals surface area (Å²) in [7, 11) is 0. The number of aryl methyl sites for hydroxylation is 1. The molecule has 1 unspecified atom stereocenters. The number of hydrogen-bond acceptors (Lipinski definition) is 4. The maximum absolute atomic E-state index is 11.9. The van der Waals surface area contributed by atoms with Crippen molar-refractivity contribution in [1.82, 2.24) is 10.2 Å². The third-order valence-corrected chi connectivity index (χ3v) is 4.81. The molecule has 1 aromatic rings. The predicted octanol–water partition coefficient (Wildman–Crippen LogP) is 1.88. The minimum Gasteiger partial charge on any atom is -0.390 e. The Labute approximate surface area is 124 Å². The Hall–Kier alpha value is -0.910. The molecule has 0 saturated carbocycles. The van der Waals surface area contributed by atoms with E-state index in [1.165, 1.54) is 24.2 Å². The molecule has 1 aromatic heterocycles. The quantitative estimate of drug-likeness (QED) is 0.872. The number of piperidine rings is 1. The smallest absolute Gasteiger partial charge is 0.261 e. The maximum atomic E-state index is 11.9. The number of likely N-dealkylation sites (tertiary alicyclic amines) is 1. The molecule has 0 aliphatic carbocycles. The van der Waals surface area contributed by atoms with Crippen molar-refractivity contribution in [3.05, 3.63) is 21.9 Å². The Morgan fingerprint density at radius 3 is 2.80 bits per heavy atom. The highest BCUT2D eigenvalue weighted by Gasteiger charge is 2.18. The summed E-state index contributed by atoms with van der Waals surface area (Å²) in [5, 5.41) is 12.8. The standard InChI is InChI=1S/C15H24N2O2S/c1-11-5-7-17(8-6-11)10-13(18)9-16-15(19)14-4-3-12(2)20-14/h3-4,11,13,18H,5-10H2,1-2H3,(H,16,19). The van der Waals surface area contributed by atoms with Crippen LogP contribution in [0.4, 0.5) is 0 Å². The van der Waals surface area contributed by atoms with Gasteiger partial charge >= 0.3 is 0 Å². The van der Waals surface area contributed by atoms with Crippen LogP contribution in [0.15, 0.2) is 12.1 Å². The van der Waals surface area contributed by atoms with E-state index < -0.39 is 6.10 Å². The SMILES string of the molecule is Cc1ccc(C(=O)NCC(O)CN2CCC(C)CC2)s1. The monoisotopic (exact) mass is 296 g/mol. The van der Waals surface area contributed by atoms with Gasteiger partial charge in [0.15, 0.2) is 0 Å². The van der Waals surface area contributed by atoms with Crippen molar-refractivity contribution in [2.24, 2.45) is 5.92 Å². The largest absolute Gasteiger partial charge is 0.390 e. The summed E-state index contributed by atoms with van der Waals surface area (Å²) >= 11 is 1.48. The van der Waals surface area contributed by atoms with Crippen molar-refractivity contribution < 1.29 is 9.90 Å². The molecular weight excluding hydrogens is 272 g/mol. The second-order valence-electron chi connectivity index (χ2n) is 5.76. The summed E-state index contributed by atoms with van der Waals surface area (Å²) in [6, 6.07) is 3.76. The molecule has 112 valence electrons. The van der Waals surface area contributed by atoms with E-state index in [1.54, 1.807) is 0 Å². The van der Waals surface area contributed by atoms with Crippen LogP contribution in [0.2, 0.25) is 0 Å². The van der Waals surface area contributed by atoms with Gasteiger partial charge in [-0.15, -0.1) is 11.3 Å². The first-order chi connectivity index (χ1) is 9.54. The van der Waals surface area contributed by atoms with Crippen LogP contribution in [0.1, 0.15) is 34.3 Å². The van der Waals surface area contributed by atoms with E-state index in [0.29, 0.717) is 18.0 Å². The minimum absolute atomic E-state index is 0.0885. The number of amides is 1. The van der Waals surface area contributed by atoms with Gasteiger partial charge in [0.2, 0.25) is 0 Å². The molecular formula is C15H24N2O2S. The van der Waals surface area contributed by atoms with E-state index in [0.717, 1.165) is 23.9 Å². The van der Waals surface area contributed by atoms with Crippen molar-refractivity contribution >= 4 is 17.2 Å². The second-order valence-corrected chi connectivity index (χ2v) is 7.05. The first kappa shape index (κ1) is 15.5. The summed E-state index contributed by atoms with van der Waals surface area (Å²) in [6.07, 6.45) is 1.91. The third-order valence-electron chi connectivity index (χ3n) is 3.81. The molecule has 2 rings (SSSR count). The average Bonchev–Trinajstić information content (AvgIpc) is 2.85. The van der Waals surface area contributed by atoms with Crippen molar-refractivity contribution in [2.75, 3.05) is 26.2 Å². The van der Waals surface area contributed by atoms with Gasteiger partial charge in [-0.25, -0.2) is 0 Å². The summed E-state index contributed by atoms with van der Waals surface area (Å²) in [4.78, 5) is 16.0. The van der Waals surface area contributed by atoms with Crippen LogP contribution in [0.5, 0.6) is 0 Å². The number of thiophene rings is 1. The topological polar surface area (TPSA) is 52.6 Å². The highest BCUT2D eigenvalue weighted by atomic mass is 32.1. The van der Waals surface area contributed by atoms with Gasteiger partial charge in [-0.2, -0.15) is 0 Å². The van der Waals surface area contributed by atoms with Crippen LogP contribution in [-0.2, 0) is 0 Å². The summed E-state index contributed by atoms with van der Waals surface area (Å²) in [6.45, 7) is 7.33. The van der Waals surface area contributed by atoms with E-state index >= 15 is 0 Å². The Balaban J connectivity index is 1.69. The van der Waals surface area contributed by atoms with Crippen molar-refractivity contribution in [3.63, 3.8) is 0 Å². The van der Waals surface area contributed by atoms with Gasteiger partial charge < -0.3 is 15.3 Å². The molecule has 1 aliphatic heterocycles. The van der Waals surface area contributed by atoms with E-state index in [9.17, 15) is 9.90 Å². The number of aliphatic hydroxyl groups excluding tert-OH is 1. The molecule has 4 nitrogen and oxygen atoms in total. The van der Waals surface area contributed by atoms with Gasteiger partial charge in [-0.1, -0.05) is 6.92 Å². The first-order valence-electron chi connectivity index (χ1n) is 7.29. The van der Waals surface area contributed by atoms with Crippen LogP contribution in [0.3, 0.4) is 0 Å². The van der Waals surface area contributed by atoms with Crippen LogP contribution >= 0.6 is 11.3 Å². The number of nitrogens with zero attached hydrogens (tertiary/aromatic N) is 1. The zero-order valence-electron chi connectivity index (χ0n) is 12.3. The number of carbonyl (C=O) groups is 1. The minimum atomic E-state index is -0.492. The number of nitrogens with one attached hydrogen (secondary N) is 1. The Morgan fingerprint density at radius 1 is 1.50 bits per heavy atom. The highest BCUT2D eigenvalue weighted by Crippen LogP contribution is 2.16. The molecule has 2 heterocycles. The molecule has 1 fully saturated rings. The molecule has 20 heavy (non-hydrogen) atoms. The average molecular weight is 296 g/mol. The molecule has 0 bridgehead atoms. The number of carbonyl (C=O) groups excluding carboxylic acids is 1. The molecule has 0 radical (unpaired) electrons. The van der Waals surface area contributed by atoms with Crippen LogP contribution in [0.25, 0.3) is 0 Å². The van der Waals surface area contributed by atoms with E-state index in [2.05, 4.69) is 17.1 Å². The summed E-state index contributed by atoms with van der Waals surface area (Å²) < 4.78 is 0. The number of β-amino-alcohol motifs (C(OH)–C–C–N with tert-alkyl or cyclic N) is 1. The maximum Gasteiger partial charge on any atom is 0.261 e. The first-order valence-corrected chi connectivity index (χ1v) is 8.11. The molecule has 1 atom stereocenters. The molecule has 0 aromatic carbocycles. The van der Waals surface area contributed by atoms with E-state index in [4.69, 9.17) is 0 Å². The molecule has 0 spiro atoms. The Morgan fingerprint density at radius 2 is 2.20 bits per heavy atom. The van der Waals surface area contributed by atoms with Gasteiger partial charge in [-0.3, -0.25) is 4.79 Å². The fraction of sp³-hybridized carbons (Fsp3) is 0.667. The Kier molecular flexibility index (Phi) is 5.57. The van der Waals surface area contributed by atoms with Gasteiger partial charge in [-0.05, 0) is 50.9 Å². The van der Waals surface area contributed by atoms with Crippen molar-refractivity contribution in [3.8, 4) is 0 Å². The summed E-state index contributed by atoms with van der Waals surface area (Å²) in [5.41, 5.74) is 0. The summed E-state index contributed by atoms with van der Waals surface area (Å²) in [5.74, 6) is 0.708. The van der Waals surface area contributed by atoms with Crippen LogP contribution in [0, 0.1) is 12.8 Å². The molecule has 1 saturated heterocycles. The van der Waals surface area contributed by atoms with Gasteiger partial charge in [0.1, 0.15) is 0 Å². The lowest BCUT2D eigenvalue weighted by Gasteiger charge is -2.31. The molecule has 1 aliphatic rings. The zero-order chi connectivity index (χ0) is 14.5. The van der Waals surface area contributed by atoms with Crippen LogP contribution < -0.4 is 5.32 Å². The number of rotatable bonds is 5. The highest BCUT2D eigenvalue weighted by molar-refractivity contribution is 7.13. The lowest BCUT2D eigenvalue weighted by Crippen LogP contribution is -2.42. The fourth-order valence-corrected chi connectivity index (χ4v) is 3.25. The van der Waals surface area contributed by atoms with E-state index in [1.807, 2.05) is 19.1 Å². The predicted molar refractivity (Wildman–Crippen MR) is 82.2 cm³/mol. The zero-order valence-corrected chi connectivity index (χ0v) is 13.1.